The predicted molar refractivity (Wildman–Crippen MR) is 70.8 cm³/mol. The molecule has 100 valence electrons. The number of methoxy groups -OCH3 is 1. The highest BCUT2D eigenvalue weighted by molar-refractivity contribution is 5.86. The Morgan fingerprint density at radius 2 is 2.11 bits per heavy atom. The maximum absolute atomic E-state index is 12.3. The third-order valence-electron chi connectivity index (χ3n) is 4.28. The van der Waals surface area contributed by atoms with E-state index in [-0.39, 0.29) is 11.9 Å². The molecule has 1 aromatic rings. The minimum Gasteiger partial charge on any atom is -0.467 e. The number of esters is 1. The van der Waals surface area contributed by atoms with Gasteiger partial charge in [0.15, 0.2) is 5.54 Å². The van der Waals surface area contributed by atoms with Crippen LogP contribution >= 0.6 is 0 Å². The maximum Gasteiger partial charge on any atom is 0.334 e. The van der Waals surface area contributed by atoms with Gasteiger partial charge in [-0.25, -0.2) is 9.86 Å². The number of rotatable bonds is 3. The van der Waals surface area contributed by atoms with E-state index in [1.165, 1.54) is 7.11 Å². The highest BCUT2D eigenvalue weighted by atomic mass is 16.5. The molecule has 0 heterocycles. The van der Waals surface area contributed by atoms with Gasteiger partial charge in [-0.3, -0.25) is 5.21 Å². The molecule has 0 aliphatic heterocycles. The van der Waals surface area contributed by atoms with Crippen molar-refractivity contribution in [3.8, 4) is 0 Å². The van der Waals surface area contributed by atoms with Crippen LogP contribution in [0.2, 0.25) is 0 Å². The number of hydrogen-bond acceptors (Lipinski definition) is 4. The maximum atomic E-state index is 12.3. The number of fused-ring (bicyclic) bond motifs is 2. The van der Waals surface area contributed by atoms with Crippen molar-refractivity contribution < 1.29 is 14.7 Å². The monoisotopic (exact) mass is 259 g/mol. The average molecular weight is 259 g/mol. The van der Waals surface area contributed by atoms with Gasteiger partial charge < -0.3 is 4.74 Å². The van der Waals surface area contributed by atoms with E-state index in [1.54, 1.807) is 12.1 Å². The molecule has 2 aliphatic rings. The van der Waals surface area contributed by atoms with Crippen LogP contribution in [0.5, 0.6) is 0 Å². The molecule has 4 nitrogen and oxygen atoms in total. The zero-order valence-electron chi connectivity index (χ0n) is 10.8. The number of nitrogens with zero attached hydrogens (tertiary/aromatic N) is 1. The Kier molecular flexibility index (Phi) is 2.82. The number of allylic oxidation sites excluding steroid dienone is 1. The summed E-state index contributed by atoms with van der Waals surface area (Å²) in [5, 5.41) is 11.7. The number of carbonyl (C=O) groups is 1. The molecule has 1 saturated carbocycles. The Morgan fingerprint density at radius 1 is 1.37 bits per heavy atom. The first kappa shape index (κ1) is 12.2. The molecule has 0 radical (unpaired) electrons. The predicted octanol–water partition coefficient (Wildman–Crippen LogP) is 2.39. The van der Waals surface area contributed by atoms with Gasteiger partial charge in [0.1, 0.15) is 0 Å². The number of hydroxylamine groups is 1. The van der Waals surface area contributed by atoms with E-state index in [4.69, 9.17) is 4.74 Å². The van der Waals surface area contributed by atoms with Crippen LogP contribution < -0.4 is 5.06 Å². The summed E-state index contributed by atoms with van der Waals surface area (Å²) in [6.45, 7) is 0. The molecular weight excluding hydrogens is 242 g/mol. The lowest BCUT2D eigenvalue weighted by molar-refractivity contribution is -0.151. The number of ether oxygens (including phenoxy) is 1. The Morgan fingerprint density at radius 3 is 2.63 bits per heavy atom. The molecule has 19 heavy (non-hydrogen) atoms. The van der Waals surface area contributed by atoms with Crippen LogP contribution in [0, 0.1) is 11.8 Å². The van der Waals surface area contributed by atoms with Crippen molar-refractivity contribution in [2.45, 2.75) is 18.4 Å². The van der Waals surface area contributed by atoms with Crippen LogP contribution in [0.1, 0.15) is 12.8 Å². The molecule has 3 atom stereocenters. The summed E-state index contributed by atoms with van der Waals surface area (Å²) >= 11 is 0. The van der Waals surface area contributed by atoms with E-state index in [0.717, 1.165) is 11.5 Å². The minimum absolute atomic E-state index is 0.00940. The van der Waals surface area contributed by atoms with Crippen molar-refractivity contribution in [2.24, 2.45) is 11.8 Å². The summed E-state index contributed by atoms with van der Waals surface area (Å²) in [7, 11) is 1.37. The van der Waals surface area contributed by atoms with E-state index in [1.807, 2.05) is 24.3 Å². The first-order valence-electron chi connectivity index (χ1n) is 6.49. The Labute approximate surface area is 112 Å². The lowest BCUT2D eigenvalue weighted by Crippen LogP contribution is -2.57. The van der Waals surface area contributed by atoms with Crippen molar-refractivity contribution in [3.05, 3.63) is 42.5 Å². The summed E-state index contributed by atoms with van der Waals surface area (Å²) in [6.07, 6.45) is 5.66. The Hall–Kier alpha value is -1.81. The fourth-order valence-electron chi connectivity index (χ4n) is 3.37. The lowest BCUT2D eigenvalue weighted by atomic mass is 9.83. The molecule has 0 spiro atoms. The van der Waals surface area contributed by atoms with Gasteiger partial charge in [0, 0.05) is 5.92 Å². The highest BCUT2D eigenvalue weighted by Crippen LogP contribution is 2.50. The van der Waals surface area contributed by atoms with Gasteiger partial charge in [-0.15, -0.1) is 0 Å². The second-order valence-electron chi connectivity index (χ2n) is 5.25. The Bertz CT molecular complexity index is 513. The summed E-state index contributed by atoms with van der Waals surface area (Å²) in [5.41, 5.74) is -0.357. The van der Waals surface area contributed by atoms with Crippen LogP contribution in [0.15, 0.2) is 42.5 Å². The van der Waals surface area contributed by atoms with Gasteiger partial charge in [-0.1, -0.05) is 30.4 Å². The van der Waals surface area contributed by atoms with Crippen LogP contribution in [0.3, 0.4) is 0 Å². The summed E-state index contributed by atoms with van der Waals surface area (Å²) in [5.74, 6) is -0.00618. The normalized spacial score (nSPS) is 31.5. The first-order chi connectivity index (χ1) is 9.18. The molecule has 2 aliphatic carbocycles. The molecule has 2 bridgehead atoms. The summed E-state index contributed by atoms with van der Waals surface area (Å²) in [6, 6.07) is 9.14. The van der Waals surface area contributed by atoms with Crippen LogP contribution in [0.25, 0.3) is 0 Å². The van der Waals surface area contributed by atoms with Gasteiger partial charge >= 0.3 is 5.97 Å². The second-order valence-corrected chi connectivity index (χ2v) is 5.25. The number of carbonyl (C=O) groups excluding carboxylic acids is 1. The lowest BCUT2D eigenvalue weighted by Gasteiger charge is -2.40. The van der Waals surface area contributed by atoms with Crippen LogP contribution in [-0.2, 0) is 9.53 Å². The SMILES string of the molecule is COC(=O)[C@@]1(N(O)c2ccccc2)C[C@H]2C=C[C@@H]1C2. The van der Waals surface area contributed by atoms with Crippen LogP contribution in [0.4, 0.5) is 5.69 Å². The van der Waals surface area contributed by atoms with Gasteiger partial charge in [0.25, 0.3) is 0 Å². The zero-order chi connectivity index (χ0) is 13.5. The second kappa shape index (κ2) is 4.38. The smallest absolute Gasteiger partial charge is 0.334 e. The molecule has 0 unspecified atom stereocenters. The molecule has 0 saturated heterocycles. The first-order valence-corrected chi connectivity index (χ1v) is 6.49. The quantitative estimate of drug-likeness (QED) is 0.514. The number of anilines is 1. The minimum atomic E-state index is -0.977. The van der Waals surface area contributed by atoms with E-state index in [9.17, 15) is 10.0 Å². The topological polar surface area (TPSA) is 49.8 Å². The third kappa shape index (κ3) is 1.67. The third-order valence-corrected chi connectivity index (χ3v) is 4.28. The van der Waals surface area contributed by atoms with Crippen LogP contribution in [-0.4, -0.2) is 23.8 Å². The number of para-hydroxylation sites is 1. The summed E-state index contributed by atoms with van der Waals surface area (Å²) in [4.78, 5) is 12.3. The molecular formula is C15H17NO3. The molecule has 1 N–H and O–H groups in total. The highest BCUT2D eigenvalue weighted by Gasteiger charge is 2.58. The number of benzene rings is 1. The van der Waals surface area contributed by atoms with Gasteiger partial charge in [-0.05, 0) is 30.9 Å². The fraction of sp³-hybridized carbons (Fsp3) is 0.400. The largest absolute Gasteiger partial charge is 0.467 e. The molecule has 1 fully saturated rings. The van der Waals surface area contributed by atoms with Crippen molar-refractivity contribution in [1.29, 1.82) is 0 Å². The van der Waals surface area contributed by atoms with Crippen molar-refractivity contribution >= 4 is 11.7 Å². The molecule has 4 heteroatoms. The summed E-state index contributed by atoms with van der Waals surface area (Å²) < 4.78 is 4.96. The number of hydrogen-bond donors (Lipinski definition) is 1. The standard InChI is InChI=1S/C15H17NO3/c1-19-14(17)15(10-11-7-8-12(15)9-11)16(18)13-5-3-2-4-6-13/h2-8,11-12,18H,9-10H2,1H3/t11-,12+,15+/m0/s1. The van der Waals surface area contributed by atoms with Crippen molar-refractivity contribution in [3.63, 3.8) is 0 Å². The van der Waals surface area contributed by atoms with E-state index in [2.05, 4.69) is 6.08 Å². The molecule has 3 rings (SSSR count). The Balaban J connectivity index is 2.02. The van der Waals surface area contributed by atoms with E-state index >= 15 is 0 Å². The van der Waals surface area contributed by atoms with Gasteiger partial charge in [0.2, 0.25) is 0 Å². The molecule has 0 amide bonds. The van der Waals surface area contributed by atoms with E-state index < -0.39 is 5.54 Å². The molecule has 1 aromatic carbocycles. The average Bonchev–Trinajstić information content (AvgIpc) is 3.07. The van der Waals surface area contributed by atoms with Gasteiger partial charge in [-0.2, -0.15) is 0 Å². The molecule has 0 aromatic heterocycles. The van der Waals surface area contributed by atoms with Crippen molar-refractivity contribution in [1.82, 2.24) is 0 Å². The zero-order valence-corrected chi connectivity index (χ0v) is 10.8. The fourth-order valence-corrected chi connectivity index (χ4v) is 3.37. The van der Waals surface area contributed by atoms with Crippen molar-refractivity contribution in [2.75, 3.05) is 12.2 Å². The van der Waals surface area contributed by atoms with E-state index in [0.29, 0.717) is 18.0 Å². The van der Waals surface area contributed by atoms with Gasteiger partial charge in [0.05, 0.1) is 12.8 Å².